The summed E-state index contributed by atoms with van der Waals surface area (Å²) in [4.78, 5) is 26.3. The summed E-state index contributed by atoms with van der Waals surface area (Å²) in [6.07, 6.45) is 4.31. The Kier molecular flexibility index (Phi) is 4.73. The van der Waals surface area contributed by atoms with Crippen molar-refractivity contribution in [1.82, 2.24) is 10.2 Å². The SMILES string of the molecule is C[C@H]1CCCC[C@@]12NC(=O)N(CCCOc1ccc(F)cc1)C2=O. The molecule has 24 heavy (non-hydrogen) atoms. The number of hydrogen-bond donors (Lipinski definition) is 1. The van der Waals surface area contributed by atoms with Gasteiger partial charge in [-0.3, -0.25) is 9.69 Å². The van der Waals surface area contributed by atoms with Crippen LogP contribution in [0.15, 0.2) is 24.3 Å². The van der Waals surface area contributed by atoms with Crippen LogP contribution in [0.5, 0.6) is 5.75 Å². The molecule has 0 unspecified atom stereocenters. The number of urea groups is 1. The van der Waals surface area contributed by atoms with Gasteiger partial charge < -0.3 is 10.1 Å². The van der Waals surface area contributed by atoms with Crippen LogP contribution in [0.1, 0.15) is 39.0 Å². The van der Waals surface area contributed by atoms with Crippen LogP contribution >= 0.6 is 0 Å². The second-order valence-electron chi connectivity index (χ2n) is 6.66. The van der Waals surface area contributed by atoms with E-state index in [1.165, 1.54) is 17.0 Å². The minimum absolute atomic E-state index is 0.0958. The van der Waals surface area contributed by atoms with Crippen molar-refractivity contribution in [2.75, 3.05) is 13.2 Å². The number of nitrogens with zero attached hydrogens (tertiary/aromatic N) is 1. The summed E-state index contributed by atoms with van der Waals surface area (Å²) in [5.41, 5.74) is -0.701. The number of amides is 3. The number of carbonyl (C=O) groups is 2. The Labute approximate surface area is 141 Å². The van der Waals surface area contributed by atoms with Crippen molar-refractivity contribution >= 4 is 11.9 Å². The van der Waals surface area contributed by atoms with Gasteiger partial charge in [0.05, 0.1) is 6.61 Å². The van der Waals surface area contributed by atoms with E-state index in [1.807, 2.05) is 6.92 Å². The van der Waals surface area contributed by atoms with Crippen molar-refractivity contribution in [2.24, 2.45) is 5.92 Å². The average Bonchev–Trinajstić information content (AvgIpc) is 2.80. The zero-order valence-electron chi connectivity index (χ0n) is 13.9. The number of nitrogens with one attached hydrogen (secondary N) is 1. The van der Waals surface area contributed by atoms with Crippen LogP contribution in [0.2, 0.25) is 0 Å². The predicted octanol–water partition coefficient (Wildman–Crippen LogP) is 3.10. The molecule has 3 amide bonds. The van der Waals surface area contributed by atoms with Gasteiger partial charge in [0.25, 0.3) is 5.91 Å². The monoisotopic (exact) mass is 334 g/mol. The molecule has 0 aromatic heterocycles. The molecule has 1 N–H and O–H groups in total. The van der Waals surface area contributed by atoms with E-state index in [1.54, 1.807) is 12.1 Å². The van der Waals surface area contributed by atoms with Crippen molar-refractivity contribution < 1.29 is 18.7 Å². The number of carbonyl (C=O) groups excluding carboxylic acids is 2. The topological polar surface area (TPSA) is 58.6 Å². The maximum atomic E-state index is 12.8. The third-order valence-corrected chi connectivity index (χ3v) is 5.11. The van der Waals surface area contributed by atoms with E-state index in [9.17, 15) is 14.0 Å². The van der Waals surface area contributed by atoms with Crippen LogP contribution in [-0.4, -0.2) is 35.5 Å². The molecule has 5 nitrogen and oxygen atoms in total. The highest BCUT2D eigenvalue weighted by atomic mass is 19.1. The molecule has 130 valence electrons. The molecule has 1 saturated heterocycles. The normalized spacial score (nSPS) is 26.8. The average molecular weight is 334 g/mol. The molecule has 3 rings (SSSR count). The highest BCUT2D eigenvalue weighted by molar-refractivity contribution is 6.07. The molecule has 1 spiro atoms. The number of imide groups is 1. The van der Waals surface area contributed by atoms with Crippen molar-refractivity contribution in [3.63, 3.8) is 0 Å². The van der Waals surface area contributed by atoms with E-state index in [2.05, 4.69) is 5.32 Å². The molecule has 1 saturated carbocycles. The Morgan fingerprint density at radius 2 is 2.04 bits per heavy atom. The van der Waals surface area contributed by atoms with E-state index in [0.29, 0.717) is 25.3 Å². The lowest BCUT2D eigenvalue weighted by molar-refractivity contribution is -0.134. The van der Waals surface area contributed by atoms with Crippen molar-refractivity contribution in [1.29, 1.82) is 0 Å². The first kappa shape index (κ1) is 16.7. The van der Waals surface area contributed by atoms with Crippen molar-refractivity contribution in [2.45, 2.75) is 44.6 Å². The fourth-order valence-electron chi connectivity index (χ4n) is 3.64. The summed E-state index contributed by atoms with van der Waals surface area (Å²) in [5.74, 6) is 0.337. The van der Waals surface area contributed by atoms with Gasteiger partial charge in [-0.05, 0) is 49.4 Å². The largest absolute Gasteiger partial charge is 0.494 e. The second kappa shape index (κ2) is 6.79. The smallest absolute Gasteiger partial charge is 0.325 e. The Hall–Kier alpha value is -2.11. The summed E-state index contributed by atoms with van der Waals surface area (Å²) in [7, 11) is 0. The van der Waals surface area contributed by atoms with Crippen LogP contribution in [-0.2, 0) is 4.79 Å². The van der Waals surface area contributed by atoms with Gasteiger partial charge in [-0.1, -0.05) is 19.8 Å². The van der Waals surface area contributed by atoms with Gasteiger partial charge in [0.1, 0.15) is 17.1 Å². The van der Waals surface area contributed by atoms with Gasteiger partial charge in [-0.25, -0.2) is 9.18 Å². The zero-order chi connectivity index (χ0) is 17.2. The van der Waals surface area contributed by atoms with Gasteiger partial charge in [-0.2, -0.15) is 0 Å². The van der Waals surface area contributed by atoms with Crippen LogP contribution in [0.25, 0.3) is 0 Å². The van der Waals surface area contributed by atoms with Gasteiger partial charge in [-0.15, -0.1) is 0 Å². The third-order valence-electron chi connectivity index (χ3n) is 5.11. The van der Waals surface area contributed by atoms with E-state index in [-0.39, 0.29) is 23.7 Å². The van der Waals surface area contributed by atoms with Crippen LogP contribution in [0, 0.1) is 11.7 Å². The predicted molar refractivity (Wildman–Crippen MR) is 87.1 cm³/mol. The summed E-state index contributed by atoms with van der Waals surface area (Å²) in [6, 6.07) is 5.49. The molecule has 1 aliphatic heterocycles. The van der Waals surface area contributed by atoms with Crippen LogP contribution < -0.4 is 10.1 Å². The zero-order valence-corrected chi connectivity index (χ0v) is 13.9. The van der Waals surface area contributed by atoms with Crippen molar-refractivity contribution in [3.05, 3.63) is 30.1 Å². The molecule has 1 aliphatic carbocycles. The molecule has 0 radical (unpaired) electrons. The van der Waals surface area contributed by atoms with Crippen LogP contribution in [0.3, 0.4) is 0 Å². The van der Waals surface area contributed by atoms with E-state index in [0.717, 1.165) is 25.7 Å². The maximum absolute atomic E-state index is 12.8. The van der Waals surface area contributed by atoms with Gasteiger partial charge in [0.2, 0.25) is 0 Å². The Morgan fingerprint density at radius 1 is 1.29 bits per heavy atom. The minimum atomic E-state index is -0.701. The first-order valence-electron chi connectivity index (χ1n) is 8.55. The van der Waals surface area contributed by atoms with Gasteiger partial charge in [0.15, 0.2) is 0 Å². The van der Waals surface area contributed by atoms with Gasteiger partial charge in [0, 0.05) is 6.54 Å². The number of rotatable bonds is 5. The summed E-state index contributed by atoms with van der Waals surface area (Å²) in [6.45, 7) is 2.74. The quantitative estimate of drug-likeness (QED) is 0.665. The lowest BCUT2D eigenvalue weighted by Crippen LogP contribution is -2.53. The standard InChI is InChI=1S/C18H23FN2O3/c1-13-5-2-3-10-18(13)16(22)21(17(23)20-18)11-4-12-24-15-8-6-14(19)7-9-15/h6-9,13H,2-5,10-12H2,1H3,(H,20,23)/t13-,18+/m0/s1. The molecule has 0 bridgehead atoms. The minimum Gasteiger partial charge on any atom is -0.494 e. The molecular weight excluding hydrogens is 311 g/mol. The lowest BCUT2D eigenvalue weighted by atomic mass is 9.73. The summed E-state index contributed by atoms with van der Waals surface area (Å²) >= 11 is 0. The first-order valence-corrected chi connectivity index (χ1v) is 8.55. The lowest BCUT2D eigenvalue weighted by Gasteiger charge is -2.36. The van der Waals surface area contributed by atoms with Crippen LogP contribution in [0.4, 0.5) is 9.18 Å². The fraction of sp³-hybridized carbons (Fsp3) is 0.556. The third kappa shape index (κ3) is 3.09. The summed E-state index contributed by atoms with van der Waals surface area (Å²) < 4.78 is 18.3. The highest BCUT2D eigenvalue weighted by Crippen LogP contribution is 2.38. The second-order valence-corrected chi connectivity index (χ2v) is 6.66. The Morgan fingerprint density at radius 3 is 2.75 bits per heavy atom. The number of halogens is 1. The Balaban J connectivity index is 1.53. The highest BCUT2D eigenvalue weighted by Gasteiger charge is 2.54. The molecule has 1 heterocycles. The molecule has 1 aromatic carbocycles. The molecular formula is C18H23FN2O3. The van der Waals surface area contributed by atoms with E-state index in [4.69, 9.17) is 4.74 Å². The Bertz CT molecular complexity index is 619. The van der Waals surface area contributed by atoms with Crippen molar-refractivity contribution in [3.8, 4) is 5.75 Å². The fourth-order valence-corrected chi connectivity index (χ4v) is 3.64. The molecule has 6 heteroatoms. The number of ether oxygens (including phenoxy) is 1. The van der Waals surface area contributed by atoms with Gasteiger partial charge >= 0.3 is 6.03 Å². The maximum Gasteiger partial charge on any atom is 0.325 e. The summed E-state index contributed by atoms with van der Waals surface area (Å²) in [5, 5.41) is 2.94. The molecule has 2 atom stereocenters. The van der Waals surface area contributed by atoms with E-state index >= 15 is 0 Å². The van der Waals surface area contributed by atoms with E-state index < -0.39 is 5.54 Å². The molecule has 1 aromatic rings. The number of benzene rings is 1. The molecule has 2 fully saturated rings. The number of hydrogen-bond acceptors (Lipinski definition) is 3. The molecule has 2 aliphatic rings. The first-order chi connectivity index (χ1) is 11.5.